The molecule has 0 radical (unpaired) electrons. The summed E-state index contributed by atoms with van der Waals surface area (Å²) in [5.41, 5.74) is 2.87. The lowest BCUT2D eigenvalue weighted by Gasteiger charge is -2.37. The average molecular weight is 431 g/mol. The standard InChI is InChI=1S/C22H29N3O6/c26-20(23-29)19-13-25(22(28)31-17-8-11-30-14-17)10-7-18(19)21(27)24-9-6-16(12-24)15-4-2-1-3-5-15/h1-5,16-19,29H,6-14H2,(H,23,26)/t16-,17?,18-,19-/m0/s1. The third-order valence-electron chi connectivity index (χ3n) is 6.56. The molecule has 9 nitrogen and oxygen atoms in total. The summed E-state index contributed by atoms with van der Waals surface area (Å²) >= 11 is 0. The van der Waals surface area contributed by atoms with Gasteiger partial charge >= 0.3 is 6.09 Å². The fourth-order valence-electron chi connectivity index (χ4n) is 4.78. The van der Waals surface area contributed by atoms with Gasteiger partial charge in [-0.05, 0) is 18.4 Å². The Bertz CT molecular complexity index is 798. The van der Waals surface area contributed by atoms with Crippen LogP contribution in [0.5, 0.6) is 0 Å². The Hall–Kier alpha value is -2.65. The van der Waals surface area contributed by atoms with Crippen molar-refractivity contribution in [2.24, 2.45) is 11.8 Å². The van der Waals surface area contributed by atoms with Crippen LogP contribution in [-0.4, -0.2) is 78.4 Å². The second-order valence-corrected chi connectivity index (χ2v) is 8.47. The molecule has 1 unspecified atom stereocenters. The van der Waals surface area contributed by atoms with E-state index >= 15 is 0 Å². The van der Waals surface area contributed by atoms with E-state index in [1.54, 1.807) is 5.48 Å². The van der Waals surface area contributed by atoms with Crippen LogP contribution in [0.15, 0.2) is 30.3 Å². The summed E-state index contributed by atoms with van der Waals surface area (Å²) in [7, 11) is 0. The first-order valence-electron chi connectivity index (χ1n) is 10.9. The number of benzene rings is 1. The van der Waals surface area contributed by atoms with E-state index in [1.807, 2.05) is 23.1 Å². The lowest BCUT2D eigenvalue weighted by molar-refractivity contribution is -0.147. The van der Waals surface area contributed by atoms with Gasteiger partial charge in [-0.3, -0.25) is 14.8 Å². The normalized spacial score (nSPS) is 28.4. The van der Waals surface area contributed by atoms with Crippen LogP contribution in [0.1, 0.15) is 30.7 Å². The van der Waals surface area contributed by atoms with Crippen molar-refractivity contribution in [3.8, 4) is 0 Å². The van der Waals surface area contributed by atoms with Gasteiger partial charge in [0.05, 0.1) is 25.0 Å². The third kappa shape index (κ3) is 4.83. The van der Waals surface area contributed by atoms with Crippen LogP contribution < -0.4 is 5.48 Å². The topological polar surface area (TPSA) is 108 Å². The van der Waals surface area contributed by atoms with Crippen molar-refractivity contribution in [2.45, 2.75) is 31.3 Å². The average Bonchev–Trinajstić information content (AvgIpc) is 3.50. The summed E-state index contributed by atoms with van der Waals surface area (Å²) < 4.78 is 10.7. The van der Waals surface area contributed by atoms with Crippen molar-refractivity contribution in [3.05, 3.63) is 35.9 Å². The molecule has 0 saturated carbocycles. The highest BCUT2D eigenvalue weighted by molar-refractivity contribution is 5.88. The molecular formula is C22H29N3O6. The second-order valence-electron chi connectivity index (χ2n) is 8.47. The molecule has 0 bridgehead atoms. The van der Waals surface area contributed by atoms with Crippen molar-refractivity contribution in [1.82, 2.24) is 15.3 Å². The van der Waals surface area contributed by atoms with Crippen LogP contribution in [0.25, 0.3) is 0 Å². The molecule has 3 amide bonds. The number of ether oxygens (including phenoxy) is 2. The second kappa shape index (κ2) is 9.65. The van der Waals surface area contributed by atoms with E-state index in [0.29, 0.717) is 45.7 Å². The maximum atomic E-state index is 13.3. The first-order chi connectivity index (χ1) is 15.1. The number of carbonyl (C=O) groups excluding carboxylic acids is 3. The molecule has 3 aliphatic heterocycles. The van der Waals surface area contributed by atoms with Crippen molar-refractivity contribution in [2.75, 3.05) is 39.4 Å². The van der Waals surface area contributed by atoms with Gasteiger partial charge < -0.3 is 19.3 Å². The molecule has 1 aromatic rings. The van der Waals surface area contributed by atoms with Crippen molar-refractivity contribution < 1.29 is 29.1 Å². The zero-order valence-electron chi connectivity index (χ0n) is 17.4. The molecule has 2 N–H and O–H groups in total. The van der Waals surface area contributed by atoms with E-state index in [9.17, 15) is 19.6 Å². The minimum absolute atomic E-state index is 0.0329. The van der Waals surface area contributed by atoms with Crippen LogP contribution in [-0.2, 0) is 19.1 Å². The SMILES string of the molecule is O=C(NO)[C@H]1CN(C(=O)OC2CCOC2)CC[C@@H]1C(=O)N1CC[C@H](c2ccccc2)C1. The maximum absolute atomic E-state index is 13.3. The van der Waals surface area contributed by atoms with Crippen molar-refractivity contribution in [1.29, 1.82) is 0 Å². The molecule has 3 heterocycles. The Kier molecular flexibility index (Phi) is 6.72. The molecule has 168 valence electrons. The zero-order chi connectivity index (χ0) is 21.8. The molecule has 0 aliphatic carbocycles. The van der Waals surface area contributed by atoms with Crippen LogP contribution in [0.3, 0.4) is 0 Å². The predicted octanol–water partition coefficient (Wildman–Crippen LogP) is 1.37. The van der Waals surface area contributed by atoms with E-state index in [-0.39, 0.29) is 24.5 Å². The number of hydroxylamine groups is 1. The van der Waals surface area contributed by atoms with E-state index in [0.717, 1.165) is 6.42 Å². The van der Waals surface area contributed by atoms with Gasteiger partial charge in [0, 0.05) is 38.5 Å². The number of likely N-dealkylation sites (tertiary alicyclic amines) is 2. The molecule has 0 aromatic heterocycles. The number of carbonyl (C=O) groups is 3. The summed E-state index contributed by atoms with van der Waals surface area (Å²) in [5, 5.41) is 9.22. The van der Waals surface area contributed by atoms with Gasteiger partial charge in [-0.1, -0.05) is 30.3 Å². The number of hydrogen-bond acceptors (Lipinski definition) is 6. The Morgan fingerprint density at radius 3 is 2.48 bits per heavy atom. The lowest BCUT2D eigenvalue weighted by atomic mass is 9.84. The fourth-order valence-corrected chi connectivity index (χ4v) is 4.78. The van der Waals surface area contributed by atoms with Crippen LogP contribution in [0.2, 0.25) is 0 Å². The highest BCUT2D eigenvalue weighted by atomic mass is 16.6. The minimum Gasteiger partial charge on any atom is -0.444 e. The summed E-state index contributed by atoms with van der Waals surface area (Å²) in [6.45, 7) is 2.54. The molecule has 4 rings (SSSR count). The zero-order valence-corrected chi connectivity index (χ0v) is 17.4. The van der Waals surface area contributed by atoms with Gasteiger partial charge in [0.2, 0.25) is 11.8 Å². The monoisotopic (exact) mass is 431 g/mol. The fraction of sp³-hybridized carbons (Fsp3) is 0.591. The van der Waals surface area contributed by atoms with Gasteiger partial charge in [0.25, 0.3) is 0 Å². The Morgan fingerprint density at radius 2 is 1.77 bits per heavy atom. The smallest absolute Gasteiger partial charge is 0.410 e. The minimum atomic E-state index is -0.825. The highest BCUT2D eigenvalue weighted by Gasteiger charge is 2.43. The number of nitrogens with one attached hydrogen (secondary N) is 1. The predicted molar refractivity (Wildman–Crippen MR) is 109 cm³/mol. The molecule has 3 saturated heterocycles. The van der Waals surface area contributed by atoms with E-state index in [1.165, 1.54) is 10.5 Å². The molecule has 3 fully saturated rings. The molecule has 1 aromatic carbocycles. The Morgan fingerprint density at radius 1 is 1.00 bits per heavy atom. The van der Waals surface area contributed by atoms with E-state index < -0.39 is 23.8 Å². The van der Waals surface area contributed by atoms with Gasteiger partial charge in [-0.2, -0.15) is 0 Å². The number of hydrogen-bond donors (Lipinski definition) is 2. The van der Waals surface area contributed by atoms with Crippen molar-refractivity contribution in [3.63, 3.8) is 0 Å². The van der Waals surface area contributed by atoms with Crippen LogP contribution in [0.4, 0.5) is 4.79 Å². The van der Waals surface area contributed by atoms with Gasteiger partial charge in [-0.25, -0.2) is 10.3 Å². The molecule has 9 heteroatoms. The number of amides is 3. The first kappa shape index (κ1) is 21.6. The van der Waals surface area contributed by atoms with Crippen molar-refractivity contribution >= 4 is 17.9 Å². The molecule has 31 heavy (non-hydrogen) atoms. The quantitative estimate of drug-likeness (QED) is 0.551. The van der Waals surface area contributed by atoms with Gasteiger partial charge in [0.1, 0.15) is 6.10 Å². The first-order valence-corrected chi connectivity index (χ1v) is 10.9. The molecule has 3 aliphatic rings. The number of nitrogens with zero attached hydrogens (tertiary/aromatic N) is 2. The largest absolute Gasteiger partial charge is 0.444 e. The molecular weight excluding hydrogens is 402 g/mol. The summed E-state index contributed by atoms with van der Waals surface area (Å²) in [6, 6.07) is 10.1. The van der Waals surface area contributed by atoms with Gasteiger partial charge in [0.15, 0.2) is 0 Å². The third-order valence-corrected chi connectivity index (χ3v) is 6.56. The Labute approximate surface area is 181 Å². The summed E-state index contributed by atoms with van der Waals surface area (Å²) in [6.07, 6.45) is 1.08. The maximum Gasteiger partial charge on any atom is 0.410 e. The number of piperidine rings is 1. The molecule has 0 spiro atoms. The Balaban J connectivity index is 1.39. The summed E-state index contributed by atoms with van der Waals surface area (Å²) in [4.78, 5) is 41.4. The molecule has 4 atom stereocenters. The summed E-state index contributed by atoms with van der Waals surface area (Å²) in [5.74, 6) is -1.88. The van der Waals surface area contributed by atoms with E-state index in [4.69, 9.17) is 9.47 Å². The lowest BCUT2D eigenvalue weighted by Crippen LogP contribution is -2.53. The van der Waals surface area contributed by atoms with Crippen LogP contribution in [0, 0.1) is 11.8 Å². The van der Waals surface area contributed by atoms with Crippen LogP contribution >= 0.6 is 0 Å². The van der Waals surface area contributed by atoms with E-state index in [2.05, 4.69) is 12.1 Å². The van der Waals surface area contributed by atoms with Gasteiger partial charge in [-0.15, -0.1) is 0 Å². The number of rotatable bonds is 4. The highest BCUT2D eigenvalue weighted by Crippen LogP contribution is 2.32.